The molecule has 0 unspecified atom stereocenters. The molecule has 0 atom stereocenters. The van der Waals surface area contributed by atoms with Crippen molar-refractivity contribution >= 4 is 40.6 Å². The summed E-state index contributed by atoms with van der Waals surface area (Å²) in [6.45, 7) is 1.92. The van der Waals surface area contributed by atoms with Crippen molar-refractivity contribution in [2.45, 2.75) is 6.92 Å². The van der Waals surface area contributed by atoms with Crippen LogP contribution in [-0.2, 0) is 4.79 Å². The molecule has 3 N–H and O–H groups in total. The average Bonchev–Trinajstić information content (AvgIpc) is 2.17. The number of rotatable bonds is 4. The number of hydrogen-bond donors (Lipinski definition) is 2. The smallest absolute Gasteiger partial charge is 0.234 e. The normalized spacial score (nSPS) is 9.88. The van der Waals surface area contributed by atoms with E-state index in [0.29, 0.717) is 16.4 Å². The molecule has 0 spiro atoms. The number of aryl methyl sites for hydroxylation is 1. The molecule has 0 heterocycles. The molecule has 0 aliphatic rings. The zero-order chi connectivity index (χ0) is 12.1. The highest BCUT2D eigenvalue weighted by Gasteiger charge is 2.10. The summed E-state index contributed by atoms with van der Waals surface area (Å²) < 4.78 is 0. The third kappa shape index (κ3) is 3.21. The van der Waals surface area contributed by atoms with Crippen molar-refractivity contribution in [3.63, 3.8) is 0 Å². The second-order valence-electron chi connectivity index (χ2n) is 3.34. The first-order valence-electron chi connectivity index (χ1n) is 4.74. The van der Waals surface area contributed by atoms with Crippen LogP contribution in [0.1, 0.15) is 11.1 Å². The van der Waals surface area contributed by atoms with Gasteiger partial charge in [0, 0.05) is 5.56 Å². The molecule has 86 valence electrons. The van der Waals surface area contributed by atoms with Gasteiger partial charge in [0.05, 0.1) is 11.4 Å². The highest BCUT2D eigenvalue weighted by atomic mass is 32.2. The maximum Gasteiger partial charge on any atom is 0.234 e. The van der Waals surface area contributed by atoms with Gasteiger partial charge in [0.15, 0.2) is 0 Å². The summed E-state index contributed by atoms with van der Waals surface area (Å²) in [7, 11) is 0. The topological polar surface area (TPSA) is 55.1 Å². The lowest BCUT2D eigenvalue weighted by atomic mass is 10.1. The van der Waals surface area contributed by atoms with Gasteiger partial charge >= 0.3 is 0 Å². The first-order chi connectivity index (χ1) is 7.56. The molecule has 16 heavy (non-hydrogen) atoms. The standard InChI is InChI=1S/C11H14N2OS2/c1-7-4-3-5-8(10(7)11(12)15)13-9(14)6-16-2/h3-5H,6H2,1-2H3,(H2,12,15)(H,13,14). The van der Waals surface area contributed by atoms with Crippen LogP contribution in [0, 0.1) is 6.92 Å². The predicted octanol–water partition coefficient (Wildman–Crippen LogP) is 1.93. The minimum atomic E-state index is -0.0457. The number of nitrogens with one attached hydrogen (secondary N) is 1. The fraction of sp³-hybridized carbons (Fsp3) is 0.273. The fourth-order valence-electron chi connectivity index (χ4n) is 1.42. The highest BCUT2D eigenvalue weighted by molar-refractivity contribution is 7.99. The lowest BCUT2D eigenvalue weighted by Crippen LogP contribution is -2.19. The van der Waals surface area contributed by atoms with E-state index in [-0.39, 0.29) is 5.91 Å². The Kier molecular flexibility index (Phi) is 4.76. The Balaban J connectivity index is 3.00. The molecule has 0 radical (unpaired) electrons. The molecule has 0 aliphatic carbocycles. The second kappa shape index (κ2) is 5.86. The van der Waals surface area contributed by atoms with E-state index in [0.717, 1.165) is 11.1 Å². The molecule has 1 aromatic carbocycles. The van der Waals surface area contributed by atoms with Crippen LogP contribution in [0.2, 0.25) is 0 Å². The number of thiocarbonyl (C=S) groups is 1. The second-order valence-corrected chi connectivity index (χ2v) is 4.65. The zero-order valence-electron chi connectivity index (χ0n) is 9.24. The van der Waals surface area contributed by atoms with Crippen LogP contribution in [0.15, 0.2) is 18.2 Å². The third-order valence-electron chi connectivity index (χ3n) is 2.07. The molecule has 0 aromatic heterocycles. The Bertz CT molecular complexity index is 418. The van der Waals surface area contributed by atoms with Gasteiger partial charge in [0.25, 0.3) is 0 Å². The molecule has 3 nitrogen and oxygen atoms in total. The monoisotopic (exact) mass is 254 g/mol. The number of amides is 1. The van der Waals surface area contributed by atoms with Gasteiger partial charge in [-0.05, 0) is 24.8 Å². The number of nitrogens with two attached hydrogens (primary N) is 1. The van der Waals surface area contributed by atoms with E-state index in [4.69, 9.17) is 18.0 Å². The number of benzene rings is 1. The Morgan fingerprint density at radius 3 is 2.81 bits per heavy atom. The van der Waals surface area contributed by atoms with E-state index in [1.165, 1.54) is 11.8 Å². The van der Waals surface area contributed by atoms with Gasteiger partial charge in [-0.2, -0.15) is 11.8 Å². The van der Waals surface area contributed by atoms with Crippen molar-refractivity contribution < 1.29 is 4.79 Å². The van der Waals surface area contributed by atoms with E-state index in [2.05, 4.69) is 5.32 Å². The van der Waals surface area contributed by atoms with Crippen molar-refractivity contribution in [3.8, 4) is 0 Å². The Morgan fingerprint density at radius 1 is 1.56 bits per heavy atom. The van der Waals surface area contributed by atoms with Crippen LogP contribution in [-0.4, -0.2) is 22.9 Å². The first-order valence-corrected chi connectivity index (χ1v) is 6.54. The Labute approximate surface area is 105 Å². The van der Waals surface area contributed by atoms with E-state index in [9.17, 15) is 4.79 Å². The van der Waals surface area contributed by atoms with Crippen LogP contribution in [0.4, 0.5) is 5.69 Å². The molecule has 0 bridgehead atoms. The molecule has 0 aliphatic heterocycles. The van der Waals surface area contributed by atoms with E-state index < -0.39 is 0 Å². The third-order valence-corrected chi connectivity index (χ3v) is 2.82. The SMILES string of the molecule is CSCC(=O)Nc1cccc(C)c1C(N)=S. The minimum Gasteiger partial charge on any atom is -0.389 e. The van der Waals surface area contributed by atoms with E-state index in [1.807, 2.05) is 25.3 Å². The van der Waals surface area contributed by atoms with Crippen LogP contribution < -0.4 is 11.1 Å². The summed E-state index contributed by atoms with van der Waals surface area (Å²) in [4.78, 5) is 11.8. The van der Waals surface area contributed by atoms with Gasteiger partial charge in [-0.1, -0.05) is 24.4 Å². The Morgan fingerprint density at radius 2 is 2.25 bits per heavy atom. The molecule has 0 saturated carbocycles. The largest absolute Gasteiger partial charge is 0.389 e. The Hall–Kier alpha value is -1.07. The van der Waals surface area contributed by atoms with Gasteiger partial charge in [-0.15, -0.1) is 0 Å². The highest BCUT2D eigenvalue weighted by Crippen LogP contribution is 2.19. The molecule has 0 fully saturated rings. The summed E-state index contributed by atoms with van der Waals surface area (Å²) in [6.07, 6.45) is 1.88. The summed E-state index contributed by atoms with van der Waals surface area (Å²) in [5.41, 5.74) is 8.04. The van der Waals surface area contributed by atoms with Crippen LogP contribution in [0.25, 0.3) is 0 Å². The van der Waals surface area contributed by atoms with Gasteiger partial charge in [-0.25, -0.2) is 0 Å². The fourth-order valence-corrected chi connectivity index (χ4v) is 2.02. The number of anilines is 1. The molecule has 5 heteroatoms. The van der Waals surface area contributed by atoms with E-state index in [1.54, 1.807) is 6.07 Å². The number of carbonyl (C=O) groups excluding carboxylic acids is 1. The lowest BCUT2D eigenvalue weighted by Gasteiger charge is -2.12. The quantitative estimate of drug-likeness (QED) is 0.806. The summed E-state index contributed by atoms with van der Waals surface area (Å²) in [5, 5.41) is 2.81. The number of hydrogen-bond acceptors (Lipinski definition) is 3. The average molecular weight is 254 g/mol. The van der Waals surface area contributed by atoms with Crippen molar-refractivity contribution in [1.29, 1.82) is 0 Å². The molecule has 1 aromatic rings. The first kappa shape index (κ1) is 13.0. The molecule has 1 rings (SSSR count). The zero-order valence-corrected chi connectivity index (χ0v) is 10.9. The number of carbonyl (C=O) groups is 1. The van der Waals surface area contributed by atoms with Crippen LogP contribution in [0.3, 0.4) is 0 Å². The summed E-state index contributed by atoms with van der Waals surface area (Å²) in [6, 6.07) is 5.59. The lowest BCUT2D eigenvalue weighted by molar-refractivity contribution is -0.113. The van der Waals surface area contributed by atoms with Gasteiger partial charge < -0.3 is 11.1 Å². The van der Waals surface area contributed by atoms with Crippen molar-refractivity contribution in [2.24, 2.45) is 5.73 Å². The predicted molar refractivity (Wildman–Crippen MR) is 74.1 cm³/mol. The molecular formula is C11H14N2OS2. The summed E-state index contributed by atoms with van der Waals surface area (Å²) >= 11 is 6.45. The molecule has 1 amide bonds. The van der Waals surface area contributed by atoms with Crippen LogP contribution in [0.5, 0.6) is 0 Å². The van der Waals surface area contributed by atoms with Gasteiger partial charge in [0.1, 0.15) is 4.99 Å². The molecular weight excluding hydrogens is 240 g/mol. The van der Waals surface area contributed by atoms with Gasteiger partial charge in [-0.3, -0.25) is 4.79 Å². The maximum absolute atomic E-state index is 11.5. The number of thioether (sulfide) groups is 1. The van der Waals surface area contributed by atoms with E-state index >= 15 is 0 Å². The summed E-state index contributed by atoms with van der Waals surface area (Å²) in [5.74, 6) is 0.376. The van der Waals surface area contributed by atoms with Crippen molar-refractivity contribution in [2.75, 3.05) is 17.3 Å². The van der Waals surface area contributed by atoms with Crippen molar-refractivity contribution in [3.05, 3.63) is 29.3 Å². The molecule has 0 saturated heterocycles. The van der Waals surface area contributed by atoms with Crippen LogP contribution >= 0.6 is 24.0 Å². The van der Waals surface area contributed by atoms with Crippen molar-refractivity contribution in [1.82, 2.24) is 0 Å². The minimum absolute atomic E-state index is 0.0457. The maximum atomic E-state index is 11.5. The van der Waals surface area contributed by atoms with Gasteiger partial charge in [0.2, 0.25) is 5.91 Å².